The minimum atomic E-state index is -0.580. The molecule has 0 amide bonds. The molecule has 0 N–H and O–H groups in total. The van der Waals surface area contributed by atoms with E-state index >= 15 is 0 Å². The summed E-state index contributed by atoms with van der Waals surface area (Å²) in [6.07, 6.45) is 0.150. The average Bonchev–Trinajstić information content (AvgIpc) is 2.83. The number of nitro benzene ring substituents is 1. The first-order chi connectivity index (χ1) is 10.0. The molecule has 0 aliphatic carbocycles. The zero-order valence-electron chi connectivity index (χ0n) is 11.5. The number of nitrogens with zero attached hydrogens (tertiary/aromatic N) is 4. The van der Waals surface area contributed by atoms with Crippen LogP contribution in [-0.4, -0.2) is 22.6 Å². The zero-order chi connectivity index (χ0) is 15.5. The van der Waals surface area contributed by atoms with Crippen LogP contribution in [0.1, 0.15) is 25.3 Å². The lowest BCUT2D eigenvalue weighted by Gasteiger charge is -2.32. The van der Waals surface area contributed by atoms with E-state index in [0.29, 0.717) is 13.0 Å². The minimum absolute atomic E-state index is 0.0154. The second-order valence-corrected chi connectivity index (χ2v) is 5.02. The first-order valence-electron chi connectivity index (χ1n) is 6.47. The van der Waals surface area contributed by atoms with Crippen LogP contribution in [0.25, 0.3) is 0 Å². The van der Waals surface area contributed by atoms with Crippen LogP contribution < -0.4 is 0 Å². The van der Waals surface area contributed by atoms with Crippen LogP contribution in [0, 0.1) is 32.8 Å². The van der Waals surface area contributed by atoms with E-state index in [9.17, 15) is 10.1 Å². The minimum Gasteiger partial charge on any atom is -0.280 e. The quantitative estimate of drug-likeness (QED) is 0.621. The number of non-ortho nitro benzene ring substituents is 1. The molecule has 1 aromatic rings. The van der Waals surface area contributed by atoms with Gasteiger partial charge in [0.25, 0.3) is 5.69 Å². The summed E-state index contributed by atoms with van der Waals surface area (Å²) in [7, 11) is 0. The molecule has 1 aromatic carbocycles. The van der Waals surface area contributed by atoms with Crippen molar-refractivity contribution in [3.05, 3.63) is 39.9 Å². The summed E-state index contributed by atoms with van der Waals surface area (Å²) < 4.78 is 0. The van der Waals surface area contributed by atoms with Crippen molar-refractivity contribution in [3.63, 3.8) is 0 Å². The molecule has 0 radical (unpaired) electrons. The van der Waals surface area contributed by atoms with E-state index in [4.69, 9.17) is 15.4 Å². The fourth-order valence-electron chi connectivity index (χ4n) is 2.49. The van der Waals surface area contributed by atoms with E-state index < -0.39 is 16.6 Å². The predicted octanol–water partition coefficient (Wildman–Crippen LogP) is 2.25. The van der Waals surface area contributed by atoms with E-state index in [2.05, 4.69) is 6.07 Å². The van der Waals surface area contributed by atoms with E-state index in [1.165, 1.54) is 12.1 Å². The lowest BCUT2D eigenvalue weighted by Crippen LogP contribution is -2.38. The van der Waals surface area contributed by atoms with Crippen LogP contribution in [0.3, 0.4) is 0 Å². The molecule has 0 unspecified atom stereocenters. The number of nitriles is 2. The smallest absolute Gasteiger partial charge is 0.269 e. The second kappa shape index (κ2) is 5.88. The SMILES string of the molecule is C[C@]1(c2ccc([N+](=O)[O-])cc2)C[C@@H](C#N)ON1CCC#N. The summed E-state index contributed by atoms with van der Waals surface area (Å²) in [4.78, 5) is 15.8. The lowest BCUT2D eigenvalue weighted by molar-refractivity contribution is -0.384. The molecule has 7 heteroatoms. The van der Waals surface area contributed by atoms with Gasteiger partial charge in [-0.2, -0.15) is 15.6 Å². The number of hydrogen-bond donors (Lipinski definition) is 0. The summed E-state index contributed by atoms with van der Waals surface area (Å²) in [6, 6.07) is 10.3. The van der Waals surface area contributed by atoms with Gasteiger partial charge in [0, 0.05) is 25.1 Å². The van der Waals surface area contributed by atoms with Crippen molar-refractivity contribution in [1.82, 2.24) is 5.06 Å². The first-order valence-corrected chi connectivity index (χ1v) is 6.47. The highest BCUT2D eigenvalue weighted by atomic mass is 16.7. The fraction of sp³-hybridized carbons (Fsp3) is 0.429. The van der Waals surface area contributed by atoms with Crippen LogP contribution in [0.5, 0.6) is 0 Å². The van der Waals surface area contributed by atoms with Gasteiger partial charge in [-0.1, -0.05) is 12.1 Å². The van der Waals surface area contributed by atoms with Gasteiger partial charge in [-0.25, -0.2) is 0 Å². The third kappa shape index (κ3) is 2.84. The van der Waals surface area contributed by atoms with Gasteiger partial charge in [0.05, 0.1) is 29.0 Å². The lowest BCUT2D eigenvalue weighted by atomic mass is 9.87. The molecule has 0 aromatic heterocycles. The Morgan fingerprint density at radius 3 is 2.67 bits per heavy atom. The van der Waals surface area contributed by atoms with Gasteiger partial charge in [-0.05, 0) is 12.5 Å². The van der Waals surface area contributed by atoms with Gasteiger partial charge in [0.1, 0.15) is 0 Å². The molecule has 1 aliphatic heterocycles. The molecule has 1 aliphatic rings. The Kier molecular flexibility index (Phi) is 4.18. The van der Waals surface area contributed by atoms with Crippen LogP contribution in [0.2, 0.25) is 0 Å². The van der Waals surface area contributed by atoms with Crippen LogP contribution >= 0.6 is 0 Å². The van der Waals surface area contributed by atoms with E-state index in [-0.39, 0.29) is 12.1 Å². The molecular weight excluding hydrogens is 272 g/mol. The molecule has 7 nitrogen and oxygen atoms in total. The van der Waals surface area contributed by atoms with Crippen LogP contribution in [-0.2, 0) is 10.4 Å². The first kappa shape index (κ1) is 14.9. The number of benzene rings is 1. The van der Waals surface area contributed by atoms with E-state index in [1.54, 1.807) is 17.2 Å². The maximum Gasteiger partial charge on any atom is 0.269 e. The molecule has 1 heterocycles. The Morgan fingerprint density at radius 2 is 2.14 bits per heavy atom. The normalized spacial score (nSPS) is 25.2. The molecule has 21 heavy (non-hydrogen) atoms. The Balaban J connectivity index is 2.30. The molecule has 0 bridgehead atoms. The fourth-order valence-corrected chi connectivity index (χ4v) is 2.49. The highest BCUT2D eigenvalue weighted by Crippen LogP contribution is 2.40. The van der Waals surface area contributed by atoms with Crippen molar-refractivity contribution in [2.45, 2.75) is 31.4 Å². The average molecular weight is 286 g/mol. The molecular formula is C14H14N4O3. The van der Waals surface area contributed by atoms with Crippen molar-refractivity contribution in [2.75, 3.05) is 6.54 Å². The van der Waals surface area contributed by atoms with Crippen molar-refractivity contribution in [2.24, 2.45) is 0 Å². The third-order valence-electron chi connectivity index (χ3n) is 3.66. The van der Waals surface area contributed by atoms with Crippen molar-refractivity contribution < 1.29 is 9.76 Å². The Labute approximate surface area is 122 Å². The van der Waals surface area contributed by atoms with Gasteiger partial charge in [0.2, 0.25) is 0 Å². The van der Waals surface area contributed by atoms with E-state index in [1.807, 2.05) is 13.0 Å². The van der Waals surface area contributed by atoms with Crippen molar-refractivity contribution in [1.29, 1.82) is 10.5 Å². The molecule has 108 valence electrons. The maximum absolute atomic E-state index is 10.7. The molecule has 1 fully saturated rings. The molecule has 1 saturated heterocycles. The second-order valence-electron chi connectivity index (χ2n) is 5.02. The highest BCUT2D eigenvalue weighted by Gasteiger charge is 2.44. The molecule has 0 saturated carbocycles. The number of hydrogen-bond acceptors (Lipinski definition) is 6. The number of nitro groups is 1. The van der Waals surface area contributed by atoms with Gasteiger partial charge >= 0.3 is 0 Å². The number of rotatable bonds is 4. The van der Waals surface area contributed by atoms with Gasteiger partial charge in [-0.15, -0.1) is 0 Å². The summed E-state index contributed by atoms with van der Waals surface area (Å²) in [5, 5.41) is 30.1. The molecule has 2 atom stereocenters. The van der Waals surface area contributed by atoms with Gasteiger partial charge < -0.3 is 0 Å². The standard InChI is InChI=1S/C14H14N4O3/c1-14(11-3-5-12(6-4-11)18(19)20)9-13(10-16)21-17(14)8-2-7-15/h3-6,13H,2,8-9H2,1H3/t13-,14+/m0/s1. The third-order valence-corrected chi connectivity index (χ3v) is 3.66. The zero-order valence-corrected chi connectivity index (χ0v) is 11.5. The summed E-state index contributed by atoms with van der Waals surface area (Å²) in [5.41, 5.74) is 0.261. The van der Waals surface area contributed by atoms with Crippen LogP contribution in [0.4, 0.5) is 5.69 Å². The topological polar surface area (TPSA) is 103 Å². The van der Waals surface area contributed by atoms with Crippen molar-refractivity contribution in [3.8, 4) is 12.1 Å². The largest absolute Gasteiger partial charge is 0.280 e. The summed E-state index contributed by atoms with van der Waals surface area (Å²) in [5.74, 6) is 0. The Morgan fingerprint density at radius 1 is 1.48 bits per heavy atom. The molecule has 2 rings (SSSR count). The Hall–Kier alpha value is -2.48. The summed E-state index contributed by atoms with van der Waals surface area (Å²) in [6.45, 7) is 2.28. The van der Waals surface area contributed by atoms with Crippen molar-refractivity contribution >= 4 is 5.69 Å². The van der Waals surface area contributed by atoms with Gasteiger partial charge in [0.15, 0.2) is 6.10 Å². The monoisotopic (exact) mass is 286 g/mol. The van der Waals surface area contributed by atoms with Crippen LogP contribution in [0.15, 0.2) is 24.3 Å². The van der Waals surface area contributed by atoms with E-state index in [0.717, 1.165) is 5.56 Å². The highest BCUT2D eigenvalue weighted by molar-refractivity contribution is 5.36. The Bertz CT molecular complexity index is 617. The number of hydroxylamine groups is 2. The maximum atomic E-state index is 10.7. The van der Waals surface area contributed by atoms with Gasteiger partial charge in [-0.3, -0.25) is 15.0 Å². The molecule has 0 spiro atoms. The predicted molar refractivity (Wildman–Crippen MR) is 72.5 cm³/mol. The summed E-state index contributed by atoms with van der Waals surface area (Å²) >= 11 is 0.